The van der Waals surface area contributed by atoms with Gasteiger partial charge in [-0.25, -0.2) is 26.3 Å². The number of rotatable bonds is 2. The van der Waals surface area contributed by atoms with Crippen molar-refractivity contribution >= 4 is 11.1 Å². The molecule has 0 bridgehead atoms. The molecule has 0 saturated heterocycles. The molecule has 4 nitrogen and oxygen atoms in total. The molecular formula is C24H6F6N4. The SMILES string of the molecule is N#CC(C#N)=c1cc(-c2c(F)cc(F)cc2F)c(=C(C#N)C#N)cc1-c1c(F)cc(F)cc1F. The Labute approximate surface area is 187 Å². The minimum Gasteiger partial charge on any atom is -0.207 e. The number of halogens is 6. The third kappa shape index (κ3) is 4.05. The summed E-state index contributed by atoms with van der Waals surface area (Å²) in [4.78, 5) is 0. The number of hydrogen-bond acceptors (Lipinski definition) is 4. The van der Waals surface area contributed by atoms with Crippen LogP contribution in [0.15, 0.2) is 36.4 Å². The van der Waals surface area contributed by atoms with Crippen LogP contribution >= 0.6 is 0 Å². The van der Waals surface area contributed by atoms with Gasteiger partial charge in [0.1, 0.15) is 70.3 Å². The Hall–Kier alpha value is -5.06. The number of hydrogen-bond donors (Lipinski definition) is 0. The third-order valence-corrected chi connectivity index (χ3v) is 4.70. The minimum absolute atomic E-state index is 0.312. The van der Waals surface area contributed by atoms with E-state index in [1.807, 2.05) is 0 Å². The molecule has 10 heteroatoms. The topological polar surface area (TPSA) is 95.2 Å². The van der Waals surface area contributed by atoms with E-state index in [9.17, 15) is 47.4 Å². The zero-order valence-corrected chi connectivity index (χ0v) is 16.5. The van der Waals surface area contributed by atoms with E-state index < -0.39 is 78.7 Å². The van der Waals surface area contributed by atoms with Crippen LogP contribution in [0.3, 0.4) is 0 Å². The summed E-state index contributed by atoms with van der Waals surface area (Å²) in [5.41, 5.74) is -4.52. The van der Waals surface area contributed by atoms with Gasteiger partial charge >= 0.3 is 0 Å². The second kappa shape index (κ2) is 9.20. The molecule has 34 heavy (non-hydrogen) atoms. The Bertz CT molecular complexity index is 1460. The van der Waals surface area contributed by atoms with Crippen molar-refractivity contribution in [1.82, 2.24) is 0 Å². The Morgan fingerprint density at radius 1 is 0.471 bits per heavy atom. The first-order chi connectivity index (χ1) is 16.2. The highest BCUT2D eigenvalue weighted by Gasteiger charge is 2.22. The van der Waals surface area contributed by atoms with Gasteiger partial charge in [-0.05, 0) is 23.3 Å². The Morgan fingerprint density at radius 3 is 0.971 bits per heavy atom. The first kappa shape index (κ1) is 23.6. The first-order valence-corrected chi connectivity index (χ1v) is 8.99. The smallest absolute Gasteiger partial charge is 0.137 e. The third-order valence-electron chi connectivity index (χ3n) is 4.70. The largest absolute Gasteiger partial charge is 0.207 e. The van der Waals surface area contributed by atoms with Gasteiger partial charge in [-0.3, -0.25) is 0 Å². The van der Waals surface area contributed by atoms with Crippen molar-refractivity contribution in [3.8, 4) is 46.5 Å². The molecule has 3 aromatic rings. The zero-order chi connectivity index (χ0) is 25.2. The van der Waals surface area contributed by atoms with Gasteiger partial charge in [-0.2, -0.15) is 21.0 Å². The predicted molar refractivity (Wildman–Crippen MR) is 106 cm³/mol. The van der Waals surface area contributed by atoms with E-state index in [-0.39, 0.29) is 0 Å². The Balaban J connectivity index is 2.73. The van der Waals surface area contributed by atoms with Crippen LogP contribution in [0.1, 0.15) is 0 Å². The average Bonchev–Trinajstić information content (AvgIpc) is 2.75. The summed E-state index contributed by atoms with van der Waals surface area (Å²) in [5, 5.41) is 36.3. The van der Waals surface area contributed by atoms with Crippen molar-refractivity contribution in [1.29, 1.82) is 21.0 Å². The van der Waals surface area contributed by atoms with Crippen LogP contribution in [0.4, 0.5) is 26.3 Å². The van der Waals surface area contributed by atoms with E-state index in [2.05, 4.69) is 0 Å². The average molecular weight is 464 g/mol. The molecule has 0 saturated carbocycles. The molecule has 0 N–H and O–H groups in total. The lowest BCUT2D eigenvalue weighted by Gasteiger charge is -2.12. The highest BCUT2D eigenvalue weighted by Crippen LogP contribution is 2.28. The molecule has 3 aromatic carbocycles. The molecule has 0 heterocycles. The van der Waals surface area contributed by atoms with Crippen molar-refractivity contribution in [2.24, 2.45) is 0 Å². The molecule has 0 aromatic heterocycles. The normalized spacial score (nSPS) is 9.94. The Kier molecular flexibility index (Phi) is 6.39. The monoisotopic (exact) mass is 464 g/mol. The van der Waals surface area contributed by atoms with Gasteiger partial charge in [0.05, 0.1) is 11.1 Å². The van der Waals surface area contributed by atoms with Crippen molar-refractivity contribution in [3.05, 3.63) is 81.7 Å². The fourth-order valence-electron chi connectivity index (χ4n) is 3.32. The van der Waals surface area contributed by atoms with E-state index in [0.29, 0.717) is 24.3 Å². The van der Waals surface area contributed by atoms with Crippen molar-refractivity contribution in [2.45, 2.75) is 0 Å². The molecule has 0 radical (unpaired) electrons. The van der Waals surface area contributed by atoms with Gasteiger partial charge in [0.15, 0.2) is 0 Å². The lowest BCUT2D eigenvalue weighted by atomic mass is 9.91. The maximum Gasteiger partial charge on any atom is 0.137 e. The van der Waals surface area contributed by atoms with Crippen LogP contribution in [0.2, 0.25) is 0 Å². The van der Waals surface area contributed by atoms with Crippen LogP contribution in [0, 0.1) is 80.2 Å². The number of nitriles is 4. The molecule has 0 fully saturated rings. The first-order valence-electron chi connectivity index (χ1n) is 8.99. The van der Waals surface area contributed by atoms with Gasteiger partial charge in [0.25, 0.3) is 0 Å². The molecule has 0 amide bonds. The van der Waals surface area contributed by atoms with Crippen molar-refractivity contribution < 1.29 is 26.3 Å². The number of benzene rings is 3. The summed E-state index contributed by atoms with van der Waals surface area (Å²) >= 11 is 0. The van der Waals surface area contributed by atoms with Crippen LogP contribution in [-0.2, 0) is 0 Å². The molecule has 3 rings (SSSR count). The van der Waals surface area contributed by atoms with Crippen LogP contribution < -0.4 is 10.4 Å². The van der Waals surface area contributed by atoms with Gasteiger partial charge in [-0.15, -0.1) is 0 Å². The number of nitrogens with zero attached hydrogens (tertiary/aromatic N) is 4. The summed E-state index contributed by atoms with van der Waals surface area (Å²) in [6.45, 7) is 0. The van der Waals surface area contributed by atoms with Crippen molar-refractivity contribution in [2.75, 3.05) is 0 Å². The minimum atomic E-state index is -1.46. The van der Waals surface area contributed by atoms with Crippen LogP contribution in [0.25, 0.3) is 33.4 Å². The van der Waals surface area contributed by atoms with E-state index >= 15 is 0 Å². The van der Waals surface area contributed by atoms with Crippen LogP contribution in [-0.4, -0.2) is 0 Å². The molecule has 0 aliphatic rings. The zero-order valence-electron chi connectivity index (χ0n) is 16.5. The summed E-state index contributed by atoms with van der Waals surface area (Å²) in [6, 6.07) is 8.68. The molecule has 0 aliphatic carbocycles. The molecule has 0 aliphatic heterocycles. The summed E-state index contributed by atoms with van der Waals surface area (Å²) < 4.78 is 85.2. The summed E-state index contributed by atoms with van der Waals surface area (Å²) in [7, 11) is 0. The van der Waals surface area contributed by atoms with E-state index in [4.69, 9.17) is 0 Å². The lowest BCUT2D eigenvalue weighted by molar-refractivity contribution is 0.546. The van der Waals surface area contributed by atoms with Gasteiger partial charge < -0.3 is 0 Å². The summed E-state index contributed by atoms with van der Waals surface area (Å²) in [6.07, 6.45) is 0. The van der Waals surface area contributed by atoms with Crippen LogP contribution in [0.5, 0.6) is 0 Å². The van der Waals surface area contributed by atoms with Gasteiger partial charge in [0.2, 0.25) is 0 Å². The molecule has 0 atom stereocenters. The van der Waals surface area contributed by atoms with Gasteiger partial charge in [0, 0.05) is 34.7 Å². The molecular weight excluding hydrogens is 458 g/mol. The molecule has 0 spiro atoms. The molecule has 0 unspecified atom stereocenters. The quantitative estimate of drug-likeness (QED) is 0.530. The highest BCUT2D eigenvalue weighted by atomic mass is 19.2. The van der Waals surface area contributed by atoms with E-state index in [1.54, 1.807) is 0 Å². The maximum absolute atomic E-state index is 14.6. The fraction of sp³-hybridized carbons (Fsp3) is 0. The lowest BCUT2D eigenvalue weighted by Crippen LogP contribution is -2.21. The second-order valence-electron chi connectivity index (χ2n) is 6.63. The van der Waals surface area contributed by atoms with E-state index in [0.717, 1.165) is 12.1 Å². The highest BCUT2D eigenvalue weighted by molar-refractivity contribution is 5.85. The second-order valence-corrected chi connectivity index (χ2v) is 6.63. The predicted octanol–water partition coefficient (Wildman–Crippen LogP) is 4.25. The fourth-order valence-corrected chi connectivity index (χ4v) is 3.32. The van der Waals surface area contributed by atoms with Gasteiger partial charge in [-0.1, -0.05) is 0 Å². The Morgan fingerprint density at radius 2 is 0.735 bits per heavy atom. The van der Waals surface area contributed by atoms with Crippen molar-refractivity contribution in [3.63, 3.8) is 0 Å². The standard InChI is InChI=1S/C24H6F6N4/c25-13-1-19(27)23(20(28)2-13)17-5-16(12(9-33)10-34)18(6-15(17)11(7-31)8-32)24-21(29)3-14(26)4-22(24)30/h1-6H. The maximum atomic E-state index is 14.6. The molecule has 164 valence electrons. The summed E-state index contributed by atoms with van der Waals surface area (Å²) in [5.74, 6) is -8.38. The van der Waals surface area contributed by atoms with E-state index in [1.165, 1.54) is 24.3 Å².